The number of benzene rings is 2. The van der Waals surface area contributed by atoms with Gasteiger partial charge in [0.15, 0.2) is 16.9 Å². The topological polar surface area (TPSA) is 123 Å². The number of carbonyl (C=O) groups excluding carboxylic acids is 2. The van der Waals surface area contributed by atoms with Crippen molar-refractivity contribution in [2.24, 2.45) is 13.0 Å². The standard InChI is InChI=1S/C29H31N7O4.ClH/c1-33-26-25(27(39)36(29(33)40)17-23(37)20-10-6-3-7-11-20)35(18-24(38)31-14-19-8-4-2-5-9-19)28(32-26)34-13-12-21-15-30-16-22(21)34;/h2-11,21-22,30H,12-18H2,1H3,(H,31,38);1H. The lowest BCUT2D eigenvalue weighted by molar-refractivity contribution is -0.121. The van der Waals surface area contributed by atoms with E-state index in [0.29, 0.717) is 24.0 Å². The van der Waals surface area contributed by atoms with Gasteiger partial charge < -0.3 is 15.5 Å². The number of Topliss-reactive ketones (excluding diaryl/α,β-unsaturated/α-hetero) is 1. The summed E-state index contributed by atoms with van der Waals surface area (Å²) < 4.78 is 3.84. The van der Waals surface area contributed by atoms with Crippen molar-refractivity contribution >= 4 is 41.2 Å². The van der Waals surface area contributed by atoms with Crippen LogP contribution in [0.2, 0.25) is 0 Å². The Morgan fingerprint density at radius 1 is 0.976 bits per heavy atom. The quantitative estimate of drug-likeness (QED) is 0.303. The summed E-state index contributed by atoms with van der Waals surface area (Å²) in [4.78, 5) is 60.3. The van der Waals surface area contributed by atoms with Gasteiger partial charge in [-0.1, -0.05) is 60.7 Å². The number of imidazole rings is 1. The van der Waals surface area contributed by atoms with Gasteiger partial charge in [0.1, 0.15) is 6.54 Å². The molecule has 4 heterocycles. The first-order valence-electron chi connectivity index (χ1n) is 13.5. The predicted octanol–water partition coefficient (Wildman–Crippen LogP) is 1.32. The van der Waals surface area contributed by atoms with Crippen molar-refractivity contribution in [2.45, 2.75) is 32.1 Å². The number of anilines is 1. The molecule has 2 unspecified atom stereocenters. The molecule has 0 spiro atoms. The van der Waals surface area contributed by atoms with Gasteiger partial charge in [-0.15, -0.1) is 12.4 Å². The third-order valence-electron chi connectivity index (χ3n) is 7.95. The highest BCUT2D eigenvalue weighted by atomic mass is 35.5. The molecule has 6 rings (SSSR count). The molecule has 2 fully saturated rings. The summed E-state index contributed by atoms with van der Waals surface area (Å²) in [6.07, 6.45) is 0.968. The molecule has 41 heavy (non-hydrogen) atoms. The van der Waals surface area contributed by atoms with Crippen LogP contribution in [0, 0.1) is 5.92 Å². The number of nitrogens with one attached hydrogen (secondary N) is 2. The Balaban J connectivity index is 0.00000337. The fraction of sp³-hybridized carbons (Fsp3) is 0.345. The average molecular weight is 578 g/mol. The van der Waals surface area contributed by atoms with Gasteiger partial charge in [0.05, 0.1) is 6.54 Å². The van der Waals surface area contributed by atoms with Crippen molar-refractivity contribution in [3.8, 4) is 0 Å². The zero-order chi connectivity index (χ0) is 27.8. The first-order chi connectivity index (χ1) is 19.4. The van der Waals surface area contributed by atoms with Crippen molar-refractivity contribution < 1.29 is 9.59 Å². The Hall–Kier alpha value is -4.22. The molecular weight excluding hydrogens is 546 g/mol. The summed E-state index contributed by atoms with van der Waals surface area (Å²) in [6, 6.07) is 18.3. The summed E-state index contributed by atoms with van der Waals surface area (Å²) in [7, 11) is 1.54. The summed E-state index contributed by atoms with van der Waals surface area (Å²) >= 11 is 0. The number of nitrogens with zero attached hydrogens (tertiary/aromatic N) is 5. The van der Waals surface area contributed by atoms with Crippen molar-refractivity contribution in [3.63, 3.8) is 0 Å². The fourth-order valence-electron chi connectivity index (χ4n) is 5.82. The van der Waals surface area contributed by atoms with E-state index in [-0.39, 0.29) is 47.8 Å². The number of hydrogen-bond donors (Lipinski definition) is 2. The molecule has 0 aliphatic carbocycles. The minimum absolute atomic E-state index is 0. The average Bonchev–Trinajstić information content (AvgIpc) is 3.69. The Bertz CT molecular complexity index is 1700. The van der Waals surface area contributed by atoms with Gasteiger partial charge in [-0.25, -0.2) is 4.79 Å². The van der Waals surface area contributed by atoms with Crippen LogP contribution < -0.4 is 26.8 Å². The van der Waals surface area contributed by atoms with Crippen molar-refractivity contribution in [2.75, 3.05) is 24.5 Å². The van der Waals surface area contributed by atoms with Crippen LogP contribution in [0.5, 0.6) is 0 Å². The number of amides is 1. The molecular formula is C29H32ClN7O4. The number of hydrogen-bond acceptors (Lipinski definition) is 7. The second-order valence-electron chi connectivity index (χ2n) is 10.4. The van der Waals surface area contributed by atoms with E-state index in [9.17, 15) is 19.2 Å². The molecule has 12 heteroatoms. The van der Waals surface area contributed by atoms with E-state index in [1.807, 2.05) is 30.3 Å². The zero-order valence-corrected chi connectivity index (χ0v) is 23.5. The van der Waals surface area contributed by atoms with E-state index >= 15 is 0 Å². The van der Waals surface area contributed by atoms with Crippen LogP contribution in [-0.2, 0) is 31.5 Å². The summed E-state index contributed by atoms with van der Waals surface area (Å²) in [5.74, 6) is 0.291. The molecule has 2 atom stereocenters. The monoisotopic (exact) mass is 577 g/mol. The molecule has 0 bridgehead atoms. The molecule has 0 saturated carbocycles. The number of ketones is 1. The number of aryl methyl sites for hydroxylation is 1. The second kappa shape index (κ2) is 11.7. The van der Waals surface area contributed by atoms with Crippen LogP contribution >= 0.6 is 12.4 Å². The van der Waals surface area contributed by atoms with Crippen LogP contribution in [0.3, 0.4) is 0 Å². The minimum atomic E-state index is -0.641. The van der Waals surface area contributed by atoms with E-state index in [0.717, 1.165) is 36.2 Å². The number of aromatic nitrogens is 4. The lowest BCUT2D eigenvalue weighted by Crippen LogP contribution is -2.42. The van der Waals surface area contributed by atoms with E-state index in [2.05, 4.69) is 15.5 Å². The Labute approximate surface area is 242 Å². The largest absolute Gasteiger partial charge is 0.350 e. The number of fused-ring (bicyclic) bond motifs is 2. The molecule has 0 radical (unpaired) electrons. The summed E-state index contributed by atoms with van der Waals surface area (Å²) in [5, 5.41) is 6.35. The van der Waals surface area contributed by atoms with Gasteiger partial charge in [-0.3, -0.25) is 28.1 Å². The first-order valence-corrected chi connectivity index (χ1v) is 13.5. The highest BCUT2D eigenvalue weighted by Crippen LogP contribution is 2.32. The molecule has 2 aliphatic heterocycles. The maximum atomic E-state index is 13.9. The molecule has 214 valence electrons. The van der Waals surface area contributed by atoms with Crippen molar-refractivity contribution in [1.29, 1.82) is 0 Å². The minimum Gasteiger partial charge on any atom is -0.350 e. The van der Waals surface area contributed by atoms with E-state index in [1.54, 1.807) is 34.9 Å². The number of rotatable bonds is 8. The SMILES string of the molecule is Cl.Cn1c(=O)n(CC(=O)c2ccccc2)c(=O)c2c1nc(N1CCC3CNCC31)n2CC(=O)NCc1ccccc1. The van der Waals surface area contributed by atoms with Gasteiger partial charge in [-0.2, -0.15) is 4.98 Å². The maximum absolute atomic E-state index is 13.9. The van der Waals surface area contributed by atoms with E-state index in [1.165, 1.54) is 11.6 Å². The molecule has 2 saturated heterocycles. The van der Waals surface area contributed by atoms with Crippen LogP contribution in [0.15, 0.2) is 70.3 Å². The van der Waals surface area contributed by atoms with Gasteiger partial charge >= 0.3 is 5.69 Å². The normalized spacial score (nSPS) is 17.8. The Morgan fingerprint density at radius 2 is 1.68 bits per heavy atom. The molecule has 1 amide bonds. The maximum Gasteiger partial charge on any atom is 0.332 e. The van der Waals surface area contributed by atoms with Gasteiger partial charge in [0.25, 0.3) is 5.56 Å². The van der Waals surface area contributed by atoms with Crippen LogP contribution in [0.25, 0.3) is 11.2 Å². The van der Waals surface area contributed by atoms with Gasteiger partial charge in [0.2, 0.25) is 11.9 Å². The van der Waals surface area contributed by atoms with Crippen molar-refractivity contribution in [3.05, 3.63) is 92.6 Å². The Kier molecular flexibility index (Phi) is 8.09. The Morgan fingerprint density at radius 3 is 2.41 bits per heavy atom. The van der Waals surface area contributed by atoms with E-state index in [4.69, 9.17) is 4.98 Å². The van der Waals surface area contributed by atoms with Gasteiger partial charge in [-0.05, 0) is 17.9 Å². The third kappa shape index (κ3) is 5.30. The second-order valence-corrected chi connectivity index (χ2v) is 10.4. The smallest absolute Gasteiger partial charge is 0.332 e. The van der Waals surface area contributed by atoms with Gasteiger partial charge in [0, 0.05) is 44.8 Å². The number of halogens is 1. The predicted molar refractivity (Wildman–Crippen MR) is 158 cm³/mol. The molecule has 2 N–H and O–H groups in total. The highest BCUT2D eigenvalue weighted by molar-refractivity contribution is 5.96. The summed E-state index contributed by atoms with van der Waals surface area (Å²) in [6.45, 7) is 2.20. The highest BCUT2D eigenvalue weighted by Gasteiger charge is 2.40. The summed E-state index contributed by atoms with van der Waals surface area (Å²) in [5.41, 5.74) is 0.407. The lowest BCUT2D eigenvalue weighted by atomic mass is 10.1. The zero-order valence-electron chi connectivity index (χ0n) is 22.7. The first kappa shape index (κ1) is 28.3. The molecule has 4 aromatic rings. The molecule has 2 aromatic heterocycles. The van der Waals surface area contributed by atoms with Crippen LogP contribution in [0.1, 0.15) is 22.3 Å². The fourth-order valence-corrected chi connectivity index (χ4v) is 5.82. The van der Waals surface area contributed by atoms with Crippen LogP contribution in [0.4, 0.5) is 5.95 Å². The van der Waals surface area contributed by atoms with E-state index < -0.39 is 17.8 Å². The number of carbonyl (C=O) groups is 2. The third-order valence-corrected chi connectivity index (χ3v) is 7.95. The lowest BCUT2D eigenvalue weighted by Gasteiger charge is -2.25. The molecule has 2 aliphatic rings. The molecule has 11 nitrogen and oxygen atoms in total. The van der Waals surface area contributed by atoms with Crippen molar-refractivity contribution in [1.82, 2.24) is 29.3 Å². The van der Waals surface area contributed by atoms with Crippen LogP contribution in [-0.4, -0.2) is 56.1 Å². The molecule has 2 aromatic carbocycles.